The molecule has 2 N–H and O–H groups in total. The van der Waals surface area contributed by atoms with Crippen LogP contribution in [0.25, 0.3) is 0 Å². The molecule has 0 saturated carbocycles. The summed E-state index contributed by atoms with van der Waals surface area (Å²) >= 11 is 0. The summed E-state index contributed by atoms with van der Waals surface area (Å²) in [5, 5.41) is 9.44. The van der Waals surface area contributed by atoms with Crippen LogP contribution in [-0.4, -0.2) is 35.8 Å². The summed E-state index contributed by atoms with van der Waals surface area (Å²) in [6.45, 7) is -0.440. The maximum atomic E-state index is 12.4. The minimum Gasteiger partial charge on any atom is -0.467 e. The van der Waals surface area contributed by atoms with Crippen LogP contribution in [0.15, 0.2) is 24.3 Å². The highest BCUT2D eigenvalue weighted by atomic mass is 19.4. The highest BCUT2D eigenvalue weighted by Crippen LogP contribution is 2.29. The zero-order valence-corrected chi connectivity index (χ0v) is 13.8. The van der Waals surface area contributed by atoms with E-state index in [1.165, 1.54) is 11.1 Å². The van der Waals surface area contributed by atoms with Crippen molar-refractivity contribution in [2.45, 2.75) is 19.0 Å². The van der Waals surface area contributed by atoms with Gasteiger partial charge in [-0.1, -0.05) is 24.3 Å². The van der Waals surface area contributed by atoms with Crippen molar-refractivity contribution in [1.82, 2.24) is 9.97 Å². The van der Waals surface area contributed by atoms with E-state index in [2.05, 4.69) is 9.97 Å². The van der Waals surface area contributed by atoms with Gasteiger partial charge in [0.25, 0.3) is 0 Å². The predicted octanol–water partition coefficient (Wildman–Crippen LogP) is 2.48. The van der Waals surface area contributed by atoms with E-state index in [9.17, 15) is 18.4 Å². The second-order valence-corrected chi connectivity index (χ2v) is 5.86. The molecule has 2 heterocycles. The molecule has 0 aliphatic carbocycles. The number of anilines is 2. The molecule has 1 aliphatic rings. The molecule has 136 valence electrons. The van der Waals surface area contributed by atoms with Crippen molar-refractivity contribution in [1.29, 1.82) is 5.26 Å². The Hall–Kier alpha value is -3.02. The Morgan fingerprint density at radius 3 is 2.31 bits per heavy atom. The topological polar surface area (TPSA) is 88.1 Å². The first-order chi connectivity index (χ1) is 12.4. The summed E-state index contributed by atoms with van der Waals surface area (Å²) in [6.07, 6.45) is -3.09. The molecule has 0 amide bonds. The Morgan fingerprint density at radius 1 is 1.15 bits per heavy atom. The second-order valence-electron chi connectivity index (χ2n) is 5.86. The number of fused-ring (bicyclic) bond motifs is 1. The largest absolute Gasteiger partial charge is 0.467 e. The van der Waals surface area contributed by atoms with E-state index in [4.69, 9.17) is 10.5 Å². The average molecular weight is 363 g/mol. The molecule has 26 heavy (non-hydrogen) atoms. The van der Waals surface area contributed by atoms with E-state index in [0.717, 1.165) is 12.8 Å². The quantitative estimate of drug-likeness (QED) is 0.901. The fourth-order valence-corrected chi connectivity index (χ4v) is 2.91. The van der Waals surface area contributed by atoms with Crippen molar-refractivity contribution in [3.63, 3.8) is 0 Å². The molecule has 0 bridgehead atoms. The van der Waals surface area contributed by atoms with Crippen LogP contribution in [-0.2, 0) is 12.8 Å². The lowest BCUT2D eigenvalue weighted by molar-refractivity contribution is -0.154. The number of nitrogens with zero attached hydrogens (tertiary/aromatic N) is 4. The smallest absolute Gasteiger partial charge is 0.422 e. The summed E-state index contributed by atoms with van der Waals surface area (Å²) in [5.41, 5.74) is 7.89. The number of halogens is 3. The lowest BCUT2D eigenvalue weighted by Crippen LogP contribution is -2.29. The third-order valence-corrected chi connectivity index (χ3v) is 4.08. The van der Waals surface area contributed by atoms with Gasteiger partial charge in [-0.05, 0) is 24.0 Å². The van der Waals surface area contributed by atoms with Crippen LogP contribution in [0.4, 0.5) is 24.9 Å². The first-order valence-electron chi connectivity index (χ1n) is 7.96. The minimum absolute atomic E-state index is 0.144. The highest BCUT2D eigenvalue weighted by molar-refractivity contribution is 5.61. The van der Waals surface area contributed by atoms with Gasteiger partial charge >= 0.3 is 6.18 Å². The van der Waals surface area contributed by atoms with E-state index in [0.29, 0.717) is 13.1 Å². The van der Waals surface area contributed by atoms with Gasteiger partial charge in [0.2, 0.25) is 11.8 Å². The van der Waals surface area contributed by atoms with E-state index >= 15 is 0 Å². The van der Waals surface area contributed by atoms with Crippen molar-refractivity contribution >= 4 is 11.8 Å². The molecule has 1 aromatic heterocycles. The Labute approximate surface area is 148 Å². The third-order valence-electron chi connectivity index (χ3n) is 4.08. The Kier molecular flexibility index (Phi) is 4.84. The monoisotopic (exact) mass is 363 g/mol. The summed E-state index contributed by atoms with van der Waals surface area (Å²) in [5.74, 6) is -0.489. The summed E-state index contributed by atoms with van der Waals surface area (Å²) in [7, 11) is 0. The van der Waals surface area contributed by atoms with Gasteiger partial charge in [-0.3, -0.25) is 0 Å². The van der Waals surface area contributed by atoms with Crippen LogP contribution in [0.1, 0.15) is 16.7 Å². The molecular formula is C17H16F3N5O. The van der Waals surface area contributed by atoms with Gasteiger partial charge in [0, 0.05) is 13.1 Å². The molecular weight excluding hydrogens is 347 g/mol. The number of ether oxygens (including phenoxy) is 1. The predicted molar refractivity (Wildman–Crippen MR) is 88.8 cm³/mol. The maximum absolute atomic E-state index is 12.4. The zero-order chi connectivity index (χ0) is 18.7. The number of nitrogen functional groups attached to an aromatic ring is 1. The van der Waals surface area contributed by atoms with Crippen LogP contribution in [0.2, 0.25) is 0 Å². The van der Waals surface area contributed by atoms with Gasteiger partial charge in [0.05, 0.1) is 0 Å². The molecule has 1 aromatic carbocycles. The number of nitrogens with two attached hydrogens (primary N) is 1. The van der Waals surface area contributed by atoms with Crippen LogP contribution in [0.3, 0.4) is 0 Å². The molecule has 0 saturated heterocycles. The lowest BCUT2D eigenvalue weighted by atomic mass is 10.0. The Balaban J connectivity index is 1.90. The molecule has 0 atom stereocenters. The number of rotatable bonds is 3. The molecule has 0 unspecified atom stereocenters. The number of benzene rings is 1. The van der Waals surface area contributed by atoms with Gasteiger partial charge < -0.3 is 15.4 Å². The number of alkyl halides is 3. The Bertz CT molecular complexity index is 820. The second kappa shape index (κ2) is 7.07. The Morgan fingerprint density at radius 2 is 1.77 bits per heavy atom. The molecule has 1 aliphatic heterocycles. The fraction of sp³-hybridized carbons (Fsp3) is 0.353. The zero-order valence-electron chi connectivity index (χ0n) is 13.8. The van der Waals surface area contributed by atoms with Crippen LogP contribution < -0.4 is 15.4 Å². The van der Waals surface area contributed by atoms with Crippen molar-refractivity contribution in [3.05, 3.63) is 41.0 Å². The van der Waals surface area contributed by atoms with Crippen LogP contribution in [0.5, 0.6) is 5.88 Å². The van der Waals surface area contributed by atoms with E-state index in [1.807, 2.05) is 35.2 Å². The van der Waals surface area contributed by atoms with Crippen molar-refractivity contribution in [3.8, 4) is 11.9 Å². The lowest BCUT2D eigenvalue weighted by Gasteiger charge is -2.23. The highest BCUT2D eigenvalue weighted by Gasteiger charge is 2.30. The molecule has 9 heteroatoms. The molecule has 2 aromatic rings. The van der Waals surface area contributed by atoms with E-state index in [1.54, 1.807) is 0 Å². The number of hydrogen-bond acceptors (Lipinski definition) is 6. The van der Waals surface area contributed by atoms with Gasteiger partial charge in [0.1, 0.15) is 6.07 Å². The van der Waals surface area contributed by atoms with Crippen LogP contribution >= 0.6 is 0 Å². The van der Waals surface area contributed by atoms with Crippen LogP contribution in [0, 0.1) is 11.3 Å². The van der Waals surface area contributed by atoms with Gasteiger partial charge in [-0.25, -0.2) is 0 Å². The molecule has 6 nitrogen and oxygen atoms in total. The molecule has 3 rings (SSSR count). The number of hydrogen-bond donors (Lipinski definition) is 1. The minimum atomic E-state index is -4.54. The third kappa shape index (κ3) is 3.96. The van der Waals surface area contributed by atoms with E-state index in [-0.39, 0.29) is 17.3 Å². The normalized spacial score (nSPS) is 14.3. The van der Waals surface area contributed by atoms with Gasteiger partial charge in [0.15, 0.2) is 18.0 Å². The number of nitriles is 1. The van der Waals surface area contributed by atoms with Crippen molar-refractivity contribution < 1.29 is 17.9 Å². The van der Waals surface area contributed by atoms with Crippen molar-refractivity contribution in [2.24, 2.45) is 0 Å². The first-order valence-corrected chi connectivity index (χ1v) is 7.96. The van der Waals surface area contributed by atoms with Gasteiger partial charge in [-0.15, -0.1) is 0 Å². The molecule has 0 fully saturated rings. The summed E-state index contributed by atoms with van der Waals surface area (Å²) < 4.78 is 42.0. The SMILES string of the molecule is N#Cc1c(OCC(F)(F)F)nc(N)nc1N1CCc2ccccc2CC1. The van der Waals surface area contributed by atoms with Gasteiger partial charge in [-0.2, -0.15) is 28.4 Å². The summed E-state index contributed by atoms with van der Waals surface area (Å²) in [4.78, 5) is 9.58. The standard InChI is InChI=1S/C17H16F3N5O/c18-17(19,20)10-26-15-13(9-21)14(23-16(22)24-15)25-7-5-11-3-1-2-4-12(11)6-8-25/h1-4H,5-8,10H2,(H2,22,23,24). The number of aromatic nitrogens is 2. The summed E-state index contributed by atoms with van der Waals surface area (Å²) in [6, 6.07) is 9.85. The maximum Gasteiger partial charge on any atom is 0.422 e. The molecule has 0 spiro atoms. The average Bonchev–Trinajstić information content (AvgIpc) is 2.81. The fourth-order valence-electron chi connectivity index (χ4n) is 2.91. The molecule has 0 radical (unpaired) electrons. The van der Waals surface area contributed by atoms with E-state index < -0.39 is 18.7 Å². The first kappa shape index (κ1) is 17.8. The van der Waals surface area contributed by atoms with Crippen molar-refractivity contribution in [2.75, 3.05) is 30.3 Å².